The van der Waals surface area contributed by atoms with Crippen LogP contribution < -0.4 is 0 Å². The van der Waals surface area contributed by atoms with Gasteiger partial charge in [0.1, 0.15) is 17.8 Å². The molecule has 1 aliphatic rings. The van der Waals surface area contributed by atoms with Crippen molar-refractivity contribution < 1.29 is 19.1 Å². The van der Waals surface area contributed by atoms with Crippen LogP contribution in [0.5, 0.6) is 0 Å². The Morgan fingerprint density at radius 2 is 1.68 bits per heavy atom. The van der Waals surface area contributed by atoms with Gasteiger partial charge in [0.25, 0.3) is 11.8 Å². The lowest BCUT2D eigenvalue weighted by Gasteiger charge is -2.21. The molecule has 7 heteroatoms. The van der Waals surface area contributed by atoms with Crippen LogP contribution in [0.2, 0.25) is 5.15 Å². The summed E-state index contributed by atoms with van der Waals surface area (Å²) in [6.07, 6.45) is 0. The smallest absolute Gasteiger partial charge is 0.329 e. The Balaban J connectivity index is 1.50. The quantitative estimate of drug-likeness (QED) is 0.384. The molecule has 2 amide bonds. The molecule has 0 radical (unpaired) electrons. The van der Waals surface area contributed by atoms with E-state index in [0.29, 0.717) is 5.56 Å². The Bertz CT molecular complexity index is 1090. The number of aromatic nitrogens is 1. The molecule has 6 nitrogen and oxygen atoms in total. The number of hydrogen-bond donors (Lipinski definition) is 0. The highest BCUT2D eigenvalue weighted by molar-refractivity contribution is 6.30. The maximum Gasteiger partial charge on any atom is 0.329 e. The van der Waals surface area contributed by atoms with E-state index in [1.54, 1.807) is 30.3 Å². The number of imide groups is 1. The van der Waals surface area contributed by atoms with Gasteiger partial charge in [0.15, 0.2) is 0 Å². The molecule has 0 aliphatic carbocycles. The summed E-state index contributed by atoms with van der Waals surface area (Å²) >= 11 is 6.18. The molecule has 1 aromatic heterocycles. The van der Waals surface area contributed by atoms with Crippen LogP contribution in [0.4, 0.5) is 0 Å². The Morgan fingerprint density at radius 1 is 1.07 bits per heavy atom. The molecule has 28 heavy (non-hydrogen) atoms. The second kappa shape index (κ2) is 7.05. The second-order valence-electron chi connectivity index (χ2n) is 6.44. The normalized spacial score (nSPS) is 14.3. The van der Waals surface area contributed by atoms with Crippen LogP contribution in [0.3, 0.4) is 0 Å². The van der Waals surface area contributed by atoms with Gasteiger partial charge in [-0.15, -0.1) is 0 Å². The molecule has 4 rings (SSSR count). The van der Waals surface area contributed by atoms with Crippen LogP contribution in [-0.2, 0) is 16.1 Å². The highest BCUT2D eigenvalue weighted by Gasteiger charge is 2.41. The number of ether oxygens (including phenoxy) is 1. The number of nitrogens with zero attached hydrogens (tertiary/aromatic N) is 2. The Morgan fingerprint density at radius 3 is 2.36 bits per heavy atom. The Labute approximate surface area is 165 Å². The number of carbonyl (C=O) groups excluding carboxylic acids is 3. The molecule has 0 saturated carbocycles. The van der Waals surface area contributed by atoms with Gasteiger partial charge in [0.05, 0.1) is 16.6 Å². The number of halogens is 1. The van der Waals surface area contributed by atoms with Gasteiger partial charge in [-0.3, -0.25) is 14.5 Å². The number of fused-ring (bicyclic) bond motifs is 2. The molecule has 2 heterocycles. The number of para-hydroxylation sites is 1. The van der Waals surface area contributed by atoms with Gasteiger partial charge in [-0.1, -0.05) is 41.9 Å². The van der Waals surface area contributed by atoms with Gasteiger partial charge < -0.3 is 4.74 Å². The standard InChI is InChI=1S/C21H15ClN2O4/c1-12(24-19(25)15-7-3-4-8-16(15)20(24)26)21(27)28-11-14-10-13-6-2-5-9-17(13)23-18(14)22/h2-10,12H,11H2,1H3. The summed E-state index contributed by atoms with van der Waals surface area (Å²) in [4.78, 5) is 42.7. The minimum atomic E-state index is -1.06. The van der Waals surface area contributed by atoms with E-state index < -0.39 is 23.8 Å². The average molecular weight is 395 g/mol. The molecule has 1 aliphatic heterocycles. The number of carbonyl (C=O) groups is 3. The molecule has 2 aromatic carbocycles. The van der Waals surface area contributed by atoms with Crippen LogP contribution in [-0.4, -0.2) is 33.7 Å². The van der Waals surface area contributed by atoms with E-state index in [4.69, 9.17) is 16.3 Å². The van der Waals surface area contributed by atoms with Crippen LogP contribution in [0.15, 0.2) is 54.6 Å². The van der Waals surface area contributed by atoms with Crippen molar-refractivity contribution in [3.05, 3.63) is 76.4 Å². The molecule has 140 valence electrons. The first-order valence-corrected chi connectivity index (χ1v) is 9.03. The largest absolute Gasteiger partial charge is 0.459 e. The Hall–Kier alpha value is -3.25. The third-order valence-electron chi connectivity index (χ3n) is 4.67. The Kier molecular flexibility index (Phi) is 4.57. The lowest BCUT2D eigenvalue weighted by molar-refractivity contribution is -0.149. The van der Waals surface area contributed by atoms with E-state index in [-0.39, 0.29) is 22.9 Å². The second-order valence-corrected chi connectivity index (χ2v) is 6.80. The summed E-state index contributed by atoms with van der Waals surface area (Å²) in [5.41, 5.74) is 1.85. The summed E-state index contributed by atoms with van der Waals surface area (Å²) in [5.74, 6) is -1.70. The van der Waals surface area contributed by atoms with Crippen molar-refractivity contribution in [2.24, 2.45) is 0 Å². The lowest BCUT2D eigenvalue weighted by atomic mass is 10.1. The van der Waals surface area contributed by atoms with E-state index in [1.807, 2.05) is 24.3 Å². The van der Waals surface area contributed by atoms with Crippen molar-refractivity contribution >= 4 is 40.3 Å². The predicted molar refractivity (Wildman–Crippen MR) is 103 cm³/mol. The van der Waals surface area contributed by atoms with Gasteiger partial charge in [-0.25, -0.2) is 9.78 Å². The lowest BCUT2D eigenvalue weighted by Crippen LogP contribution is -2.43. The van der Waals surface area contributed by atoms with Gasteiger partial charge in [0, 0.05) is 10.9 Å². The first-order valence-electron chi connectivity index (χ1n) is 8.65. The molecule has 0 fully saturated rings. The topological polar surface area (TPSA) is 76.6 Å². The predicted octanol–water partition coefficient (Wildman–Crippen LogP) is 3.62. The molecular weight excluding hydrogens is 380 g/mol. The van der Waals surface area contributed by atoms with Gasteiger partial charge in [0.2, 0.25) is 0 Å². The van der Waals surface area contributed by atoms with Crippen molar-refractivity contribution in [1.82, 2.24) is 9.88 Å². The highest BCUT2D eigenvalue weighted by atomic mass is 35.5. The third kappa shape index (κ3) is 3.01. The highest BCUT2D eigenvalue weighted by Crippen LogP contribution is 2.25. The van der Waals surface area contributed by atoms with E-state index >= 15 is 0 Å². The fraction of sp³-hybridized carbons (Fsp3) is 0.143. The molecular formula is C21H15ClN2O4. The summed E-state index contributed by atoms with van der Waals surface area (Å²) in [6, 6.07) is 14.7. The van der Waals surface area contributed by atoms with Crippen LogP contribution in [0.1, 0.15) is 33.2 Å². The van der Waals surface area contributed by atoms with Gasteiger partial charge in [-0.2, -0.15) is 0 Å². The zero-order chi connectivity index (χ0) is 19.8. The summed E-state index contributed by atoms with van der Waals surface area (Å²) in [6.45, 7) is 1.35. The summed E-state index contributed by atoms with van der Waals surface area (Å²) in [7, 11) is 0. The summed E-state index contributed by atoms with van der Waals surface area (Å²) in [5, 5.41) is 1.10. The molecule has 0 spiro atoms. The minimum absolute atomic E-state index is 0.108. The van der Waals surface area contributed by atoms with E-state index in [2.05, 4.69) is 4.98 Å². The third-order valence-corrected chi connectivity index (χ3v) is 5.00. The zero-order valence-electron chi connectivity index (χ0n) is 14.9. The number of benzene rings is 2. The van der Waals surface area contributed by atoms with Crippen molar-refractivity contribution in [3.63, 3.8) is 0 Å². The molecule has 1 atom stereocenters. The number of hydrogen-bond acceptors (Lipinski definition) is 5. The van der Waals surface area contributed by atoms with Crippen molar-refractivity contribution in [1.29, 1.82) is 0 Å². The maximum absolute atomic E-state index is 12.5. The van der Waals surface area contributed by atoms with Crippen LogP contribution in [0.25, 0.3) is 10.9 Å². The van der Waals surface area contributed by atoms with Crippen LogP contribution >= 0.6 is 11.6 Å². The molecule has 0 bridgehead atoms. The monoisotopic (exact) mass is 394 g/mol. The average Bonchev–Trinajstić information content (AvgIpc) is 2.96. The fourth-order valence-corrected chi connectivity index (χ4v) is 3.37. The zero-order valence-corrected chi connectivity index (χ0v) is 15.6. The number of esters is 1. The first kappa shape index (κ1) is 18.1. The van der Waals surface area contributed by atoms with Gasteiger partial charge >= 0.3 is 5.97 Å². The number of amides is 2. The van der Waals surface area contributed by atoms with Gasteiger partial charge in [-0.05, 0) is 31.2 Å². The van der Waals surface area contributed by atoms with Crippen LogP contribution in [0, 0.1) is 0 Å². The van der Waals surface area contributed by atoms with E-state index in [1.165, 1.54) is 6.92 Å². The first-order chi connectivity index (χ1) is 13.5. The molecule has 0 saturated heterocycles. The molecule has 1 unspecified atom stereocenters. The fourth-order valence-electron chi connectivity index (χ4n) is 3.17. The van der Waals surface area contributed by atoms with Crippen molar-refractivity contribution in [2.75, 3.05) is 0 Å². The minimum Gasteiger partial charge on any atom is -0.459 e. The SMILES string of the molecule is CC(C(=O)OCc1cc2ccccc2nc1Cl)N1C(=O)c2ccccc2C1=O. The van der Waals surface area contributed by atoms with E-state index in [0.717, 1.165) is 15.8 Å². The molecule has 0 N–H and O–H groups in total. The van der Waals surface area contributed by atoms with E-state index in [9.17, 15) is 14.4 Å². The maximum atomic E-state index is 12.5. The number of pyridine rings is 1. The van der Waals surface area contributed by atoms with Crippen molar-refractivity contribution in [2.45, 2.75) is 19.6 Å². The summed E-state index contributed by atoms with van der Waals surface area (Å²) < 4.78 is 5.32. The number of rotatable bonds is 4. The van der Waals surface area contributed by atoms with Crippen molar-refractivity contribution in [3.8, 4) is 0 Å². The molecule has 3 aromatic rings.